The van der Waals surface area contributed by atoms with Crippen molar-refractivity contribution in [3.05, 3.63) is 0 Å². The summed E-state index contributed by atoms with van der Waals surface area (Å²) in [5, 5.41) is 3.34. The van der Waals surface area contributed by atoms with E-state index in [0.29, 0.717) is 13.2 Å². The first-order valence-corrected chi connectivity index (χ1v) is 6.38. The highest BCUT2D eigenvalue weighted by Gasteiger charge is 2.45. The molecular weight excluding hydrogens is 220 g/mol. The first-order valence-electron chi connectivity index (χ1n) is 6.38. The molecule has 2 rings (SSSR count). The second-order valence-corrected chi connectivity index (χ2v) is 4.75. The Balaban J connectivity index is 1.99. The van der Waals surface area contributed by atoms with Gasteiger partial charge in [-0.15, -0.1) is 0 Å². The van der Waals surface area contributed by atoms with Crippen LogP contribution < -0.4 is 5.32 Å². The van der Waals surface area contributed by atoms with Gasteiger partial charge in [-0.3, -0.25) is 9.59 Å². The second kappa shape index (κ2) is 5.04. The van der Waals surface area contributed by atoms with Crippen molar-refractivity contribution in [2.24, 2.45) is 0 Å². The smallest absolute Gasteiger partial charge is 0.325 e. The monoisotopic (exact) mass is 240 g/mol. The number of nitrogens with zero attached hydrogens (tertiary/aromatic N) is 1. The minimum absolute atomic E-state index is 0.0781. The average Bonchev–Trinajstić information content (AvgIpc) is 2.75. The van der Waals surface area contributed by atoms with Crippen molar-refractivity contribution in [2.75, 3.05) is 26.2 Å². The van der Waals surface area contributed by atoms with Gasteiger partial charge in [-0.25, -0.2) is 0 Å². The quantitative estimate of drug-likeness (QED) is 0.721. The zero-order chi connectivity index (χ0) is 12.3. The Kier molecular flexibility index (Phi) is 3.66. The van der Waals surface area contributed by atoms with E-state index in [0.717, 1.165) is 32.2 Å². The summed E-state index contributed by atoms with van der Waals surface area (Å²) in [4.78, 5) is 25.4. The van der Waals surface area contributed by atoms with Crippen molar-refractivity contribution in [3.8, 4) is 0 Å². The van der Waals surface area contributed by atoms with Crippen molar-refractivity contribution in [2.45, 2.75) is 38.1 Å². The molecule has 2 fully saturated rings. The van der Waals surface area contributed by atoms with E-state index >= 15 is 0 Å². The van der Waals surface area contributed by atoms with Crippen LogP contribution in [0.15, 0.2) is 0 Å². The lowest BCUT2D eigenvalue weighted by molar-refractivity contribution is -0.152. The van der Waals surface area contributed by atoms with E-state index in [-0.39, 0.29) is 24.0 Å². The molecule has 1 heterocycles. The maximum Gasteiger partial charge on any atom is 0.325 e. The molecule has 0 aromatic heterocycles. The molecule has 96 valence electrons. The van der Waals surface area contributed by atoms with E-state index in [1.165, 1.54) is 0 Å². The number of rotatable bonds is 3. The van der Waals surface area contributed by atoms with Crippen molar-refractivity contribution in [1.29, 1.82) is 0 Å². The molecule has 5 heteroatoms. The molecule has 1 aliphatic heterocycles. The van der Waals surface area contributed by atoms with Crippen molar-refractivity contribution >= 4 is 11.9 Å². The van der Waals surface area contributed by atoms with Crippen LogP contribution in [-0.2, 0) is 14.3 Å². The summed E-state index contributed by atoms with van der Waals surface area (Å²) >= 11 is 0. The van der Waals surface area contributed by atoms with E-state index in [9.17, 15) is 9.59 Å². The van der Waals surface area contributed by atoms with E-state index in [1.807, 2.05) is 0 Å². The van der Waals surface area contributed by atoms with Gasteiger partial charge < -0.3 is 15.0 Å². The van der Waals surface area contributed by atoms with Gasteiger partial charge in [0, 0.05) is 13.1 Å². The molecule has 1 saturated heterocycles. The van der Waals surface area contributed by atoms with Gasteiger partial charge in [0.05, 0.1) is 12.1 Å². The zero-order valence-corrected chi connectivity index (χ0v) is 10.3. The fraction of sp³-hybridized carbons (Fsp3) is 0.833. The molecule has 0 aromatic carbocycles. The minimum Gasteiger partial charge on any atom is -0.465 e. The Morgan fingerprint density at radius 2 is 2.18 bits per heavy atom. The summed E-state index contributed by atoms with van der Waals surface area (Å²) in [5.74, 6) is -0.231. The average molecular weight is 240 g/mol. The van der Waals surface area contributed by atoms with Crippen LogP contribution in [0.2, 0.25) is 0 Å². The number of hydrogen-bond acceptors (Lipinski definition) is 4. The van der Waals surface area contributed by atoms with E-state index in [1.54, 1.807) is 11.8 Å². The number of nitrogens with one attached hydrogen (secondary N) is 1. The summed E-state index contributed by atoms with van der Waals surface area (Å²) in [6.07, 6.45) is 3.97. The van der Waals surface area contributed by atoms with Crippen molar-refractivity contribution < 1.29 is 14.3 Å². The lowest BCUT2D eigenvalue weighted by Crippen LogP contribution is -2.63. The highest BCUT2D eigenvalue weighted by Crippen LogP contribution is 2.32. The maximum atomic E-state index is 12.3. The summed E-state index contributed by atoms with van der Waals surface area (Å²) in [5.41, 5.74) is -0.384. The van der Waals surface area contributed by atoms with Crippen LogP contribution in [0.4, 0.5) is 0 Å². The summed E-state index contributed by atoms with van der Waals surface area (Å²) in [7, 11) is 0. The third-order valence-corrected chi connectivity index (χ3v) is 3.62. The fourth-order valence-electron chi connectivity index (χ4n) is 2.79. The van der Waals surface area contributed by atoms with Crippen LogP contribution in [0.1, 0.15) is 32.6 Å². The summed E-state index contributed by atoms with van der Waals surface area (Å²) in [6.45, 7) is 3.60. The largest absolute Gasteiger partial charge is 0.465 e. The molecule has 1 spiro atoms. The molecule has 1 amide bonds. The standard InChI is InChI=1S/C12H20N2O3/c1-2-17-10(15)9-14-8-7-13-12(11(14)16)5-3-4-6-12/h13H,2-9H2,1H3. The molecule has 1 N–H and O–H groups in total. The van der Waals surface area contributed by atoms with Crippen LogP contribution in [0, 0.1) is 0 Å². The third kappa shape index (κ3) is 2.44. The van der Waals surface area contributed by atoms with Gasteiger partial charge >= 0.3 is 5.97 Å². The molecule has 0 radical (unpaired) electrons. The summed E-state index contributed by atoms with van der Waals surface area (Å²) in [6, 6.07) is 0. The van der Waals surface area contributed by atoms with Crippen LogP contribution in [0.25, 0.3) is 0 Å². The van der Waals surface area contributed by atoms with Gasteiger partial charge in [-0.1, -0.05) is 12.8 Å². The van der Waals surface area contributed by atoms with Crippen LogP contribution in [0.3, 0.4) is 0 Å². The fourth-order valence-corrected chi connectivity index (χ4v) is 2.79. The lowest BCUT2D eigenvalue weighted by atomic mass is 9.93. The van der Waals surface area contributed by atoms with E-state index in [2.05, 4.69) is 5.32 Å². The predicted molar refractivity (Wildman–Crippen MR) is 62.4 cm³/mol. The van der Waals surface area contributed by atoms with Crippen LogP contribution in [-0.4, -0.2) is 48.6 Å². The Morgan fingerprint density at radius 1 is 1.47 bits per heavy atom. The molecule has 5 nitrogen and oxygen atoms in total. The van der Waals surface area contributed by atoms with Gasteiger partial charge in [-0.05, 0) is 19.8 Å². The first-order chi connectivity index (χ1) is 8.18. The van der Waals surface area contributed by atoms with Crippen molar-refractivity contribution in [3.63, 3.8) is 0 Å². The molecule has 2 aliphatic rings. The van der Waals surface area contributed by atoms with Gasteiger partial charge in [-0.2, -0.15) is 0 Å². The molecule has 17 heavy (non-hydrogen) atoms. The molecular formula is C12H20N2O3. The predicted octanol–water partition coefficient (Wildman–Crippen LogP) is 0.294. The highest BCUT2D eigenvalue weighted by atomic mass is 16.5. The van der Waals surface area contributed by atoms with Crippen molar-refractivity contribution in [1.82, 2.24) is 10.2 Å². The highest BCUT2D eigenvalue weighted by molar-refractivity contribution is 5.90. The Bertz CT molecular complexity index is 311. The molecule has 0 unspecified atom stereocenters. The van der Waals surface area contributed by atoms with Gasteiger partial charge in [0.1, 0.15) is 6.54 Å². The Morgan fingerprint density at radius 3 is 2.82 bits per heavy atom. The van der Waals surface area contributed by atoms with Crippen LogP contribution >= 0.6 is 0 Å². The van der Waals surface area contributed by atoms with Gasteiger partial charge in [0.2, 0.25) is 5.91 Å². The lowest BCUT2D eigenvalue weighted by Gasteiger charge is -2.39. The second-order valence-electron chi connectivity index (χ2n) is 4.75. The number of ether oxygens (including phenoxy) is 1. The Labute approximate surface area is 101 Å². The number of piperazine rings is 1. The molecule has 1 saturated carbocycles. The minimum atomic E-state index is -0.384. The van der Waals surface area contributed by atoms with Gasteiger partial charge in [0.15, 0.2) is 0 Å². The molecule has 0 bridgehead atoms. The molecule has 0 atom stereocenters. The normalized spacial score (nSPS) is 23.1. The maximum absolute atomic E-state index is 12.3. The summed E-state index contributed by atoms with van der Waals surface area (Å²) < 4.78 is 4.89. The number of esters is 1. The molecule has 0 aromatic rings. The number of carbonyl (C=O) groups is 2. The van der Waals surface area contributed by atoms with E-state index in [4.69, 9.17) is 4.74 Å². The topological polar surface area (TPSA) is 58.6 Å². The number of carbonyl (C=O) groups excluding carboxylic acids is 2. The SMILES string of the molecule is CCOC(=O)CN1CCNC2(CCCC2)C1=O. The van der Waals surface area contributed by atoms with Crippen LogP contribution in [0.5, 0.6) is 0 Å². The Hall–Kier alpha value is -1.10. The first kappa shape index (κ1) is 12.4. The number of hydrogen-bond donors (Lipinski definition) is 1. The molecule has 1 aliphatic carbocycles. The van der Waals surface area contributed by atoms with Gasteiger partial charge in [0.25, 0.3) is 0 Å². The zero-order valence-electron chi connectivity index (χ0n) is 10.3. The number of amides is 1. The van der Waals surface area contributed by atoms with E-state index < -0.39 is 0 Å². The third-order valence-electron chi connectivity index (χ3n) is 3.62.